The van der Waals surface area contributed by atoms with Crippen molar-refractivity contribution in [2.45, 2.75) is 18.4 Å². The topological polar surface area (TPSA) is 0 Å². The summed E-state index contributed by atoms with van der Waals surface area (Å²) in [6.45, 7) is 8.22. The van der Waals surface area contributed by atoms with E-state index in [1.165, 1.54) is 4.55 Å². The zero-order valence-electron chi connectivity index (χ0n) is 5.28. The van der Waals surface area contributed by atoms with Gasteiger partial charge in [-0.3, -0.25) is 0 Å². The molecule has 0 unspecified atom stereocenters. The highest BCUT2D eigenvalue weighted by Gasteiger charge is 1.91. The van der Waals surface area contributed by atoms with E-state index in [9.17, 15) is 0 Å². The standard InChI is InChI=1S/C4H9.C2H3.Mg/c1-4(2)3;1-2;/h4H,1H2,2-3H3;1H,2H2;. The Kier molecular flexibility index (Phi) is 5.00. The summed E-state index contributed by atoms with van der Waals surface area (Å²) in [6.07, 6.45) is 0. The summed E-state index contributed by atoms with van der Waals surface area (Å²) in [6, 6.07) is 0. The van der Waals surface area contributed by atoms with Crippen LogP contribution in [0.15, 0.2) is 10.8 Å². The lowest BCUT2D eigenvalue weighted by atomic mass is 10.3. The summed E-state index contributed by atoms with van der Waals surface area (Å²) in [4.78, 5) is 0. The Labute approximate surface area is 55.7 Å². The van der Waals surface area contributed by atoms with Crippen molar-refractivity contribution in [3.05, 3.63) is 10.8 Å². The van der Waals surface area contributed by atoms with E-state index in [1.807, 2.05) is 0 Å². The minimum Gasteiger partial charge on any atom is -0.214 e. The van der Waals surface area contributed by atoms with E-state index in [2.05, 4.69) is 24.6 Å². The van der Waals surface area contributed by atoms with Crippen molar-refractivity contribution >= 4 is 20.4 Å². The van der Waals surface area contributed by atoms with Crippen molar-refractivity contribution in [3.63, 3.8) is 0 Å². The number of rotatable bonds is 3. The van der Waals surface area contributed by atoms with E-state index in [4.69, 9.17) is 0 Å². The number of hydrogen-bond donors (Lipinski definition) is 0. The molecular formula is C6H12Mg. The van der Waals surface area contributed by atoms with Crippen LogP contribution in [0.5, 0.6) is 0 Å². The molecule has 0 heterocycles. The number of hydrogen-bond acceptors (Lipinski definition) is 0. The maximum Gasteiger partial charge on any atom is 0.396 e. The molecule has 0 amide bonds. The van der Waals surface area contributed by atoms with Crippen LogP contribution in [0, 0.1) is 5.92 Å². The molecule has 0 bridgehead atoms. The first-order chi connectivity index (χ1) is 3.27. The van der Waals surface area contributed by atoms with Crippen molar-refractivity contribution in [2.24, 2.45) is 5.92 Å². The second-order valence-electron chi connectivity index (χ2n) is 2.26. The third-order valence-electron chi connectivity index (χ3n) is 0.948. The highest BCUT2D eigenvalue weighted by atomic mass is 24.5. The monoisotopic (exact) mass is 108 g/mol. The van der Waals surface area contributed by atoms with Crippen molar-refractivity contribution in [1.29, 1.82) is 0 Å². The largest absolute Gasteiger partial charge is 0.396 e. The Hall–Kier alpha value is 0.506. The second kappa shape index (κ2) is 4.66. The van der Waals surface area contributed by atoms with Gasteiger partial charge in [-0.1, -0.05) is 19.8 Å². The summed E-state index contributed by atoms with van der Waals surface area (Å²) in [5.74, 6) is 0.893. The Balaban J connectivity index is 2.81. The maximum atomic E-state index is 3.69. The van der Waals surface area contributed by atoms with Crippen molar-refractivity contribution in [2.75, 3.05) is 0 Å². The highest BCUT2D eigenvalue weighted by Crippen LogP contribution is 1.97. The van der Waals surface area contributed by atoms with E-state index >= 15 is 0 Å². The lowest BCUT2D eigenvalue weighted by molar-refractivity contribution is 0.732. The van der Waals surface area contributed by atoms with Gasteiger partial charge in [-0.15, -0.1) is 11.1 Å². The molecule has 0 atom stereocenters. The molecule has 0 aromatic carbocycles. The molecule has 0 aromatic heterocycles. The van der Waals surface area contributed by atoms with E-state index in [0.717, 1.165) is 5.92 Å². The van der Waals surface area contributed by atoms with Gasteiger partial charge in [-0.05, 0) is 0 Å². The zero-order chi connectivity index (χ0) is 5.70. The van der Waals surface area contributed by atoms with Gasteiger partial charge >= 0.3 is 20.4 Å². The van der Waals surface area contributed by atoms with Crippen LogP contribution in [0.4, 0.5) is 0 Å². The van der Waals surface area contributed by atoms with E-state index < -0.39 is 0 Å². The fourth-order valence-electron chi connectivity index (χ4n) is 0.451. The average molecular weight is 108 g/mol. The average Bonchev–Trinajstić information content (AvgIpc) is 1.61. The highest BCUT2D eigenvalue weighted by molar-refractivity contribution is 6.41. The van der Waals surface area contributed by atoms with Gasteiger partial charge in [0.2, 0.25) is 0 Å². The van der Waals surface area contributed by atoms with Crippen molar-refractivity contribution < 1.29 is 0 Å². The van der Waals surface area contributed by atoms with Crippen LogP contribution in [0.1, 0.15) is 13.8 Å². The van der Waals surface area contributed by atoms with Crippen LogP contribution >= 0.6 is 0 Å². The van der Waals surface area contributed by atoms with Gasteiger partial charge in [0.05, 0.1) is 0 Å². The van der Waals surface area contributed by atoms with Gasteiger partial charge in [-0.2, -0.15) is 0 Å². The van der Waals surface area contributed by atoms with Gasteiger partial charge in [-0.25, -0.2) is 4.21 Å². The molecule has 0 rings (SSSR count). The molecule has 0 nitrogen and oxygen atoms in total. The van der Waals surface area contributed by atoms with Gasteiger partial charge in [0, 0.05) is 0 Å². The van der Waals surface area contributed by atoms with Gasteiger partial charge in [0.25, 0.3) is 0 Å². The van der Waals surface area contributed by atoms with Crippen LogP contribution in [0.25, 0.3) is 0 Å². The minimum atomic E-state index is 0.138. The summed E-state index contributed by atoms with van der Waals surface area (Å²) in [7, 11) is 0. The zero-order valence-corrected chi connectivity index (χ0v) is 6.69. The second-order valence-corrected chi connectivity index (χ2v) is 3.99. The summed E-state index contributed by atoms with van der Waals surface area (Å²) >= 11 is 0.138. The predicted molar refractivity (Wildman–Crippen MR) is 35.6 cm³/mol. The smallest absolute Gasteiger partial charge is 0.214 e. The first kappa shape index (κ1) is 7.51. The molecular weight excluding hydrogens is 96.4 g/mol. The molecule has 1 heteroatoms. The Bertz CT molecular complexity index is 48.1. The molecule has 0 radical (unpaired) electrons. The minimum absolute atomic E-state index is 0.138. The quantitative estimate of drug-likeness (QED) is 0.485. The maximum absolute atomic E-state index is 3.69. The first-order valence-electron chi connectivity index (χ1n) is 2.88. The van der Waals surface area contributed by atoms with E-state index in [-0.39, 0.29) is 20.4 Å². The van der Waals surface area contributed by atoms with Crippen LogP contribution in [0.2, 0.25) is 4.55 Å². The first-order valence-corrected chi connectivity index (χ1v) is 4.70. The van der Waals surface area contributed by atoms with Crippen LogP contribution in [-0.2, 0) is 0 Å². The summed E-state index contributed by atoms with van der Waals surface area (Å²) < 4.78 is 3.53. The van der Waals surface area contributed by atoms with Gasteiger partial charge in [0.1, 0.15) is 0 Å². The summed E-state index contributed by atoms with van der Waals surface area (Å²) in [5, 5.41) is 0. The third-order valence-corrected chi connectivity index (χ3v) is 2.84. The van der Waals surface area contributed by atoms with E-state index in [0.29, 0.717) is 0 Å². The van der Waals surface area contributed by atoms with Gasteiger partial charge < -0.3 is 0 Å². The fraction of sp³-hybridized carbons (Fsp3) is 0.667. The lowest BCUT2D eigenvalue weighted by Gasteiger charge is -1.95. The predicted octanol–water partition coefficient (Wildman–Crippen LogP) is 1.91. The molecule has 0 aliphatic carbocycles. The Morgan fingerprint density at radius 1 is 1.71 bits per heavy atom. The molecule has 0 saturated heterocycles. The molecule has 7 heavy (non-hydrogen) atoms. The molecule has 0 spiro atoms. The van der Waals surface area contributed by atoms with Gasteiger partial charge in [0.15, 0.2) is 0 Å². The molecule has 0 saturated carbocycles. The lowest BCUT2D eigenvalue weighted by Crippen LogP contribution is -1.90. The van der Waals surface area contributed by atoms with E-state index in [1.54, 1.807) is 0 Å². The molecule has 38 valence electrons. The van der Waals surface area contributed by atoms with Crippen LogP contribution < -0.4 is 0 Å². The molecule has 0 aromatic rings. The Morgan fingerprint density at radius 2 is 2.29 bits per heavy atom. The molecule has 0 aliphatic rings. The molecule has 0 aliphatic heterocycles. The summed E-state index contributed by atoms with van der Waals surface area (Å²) in [5.41, 5.74) is 0. The Morgan fingerprint density at radius 3 is 2.43 bits per heavy atom. The third kappa shape index (κ3) is 6.51. The molecule has 0 N–H and O–H groups in total. The van der Waals surface area contributed by atoms with Crippen LogP contribution in [0.3, 0.4) is 0 Å². The van der Waals surface area contributed by atoms with Crippen molar-refractivity contribution in [3.8, 4) is 0 Å². The van der Waals surface area contributed by atoms with Crippen LogP contribution in [-0.4, -0.2) is 20.4 Å². The fourth-order valence-corrected chi connectivity index (χ4v) is 1.35. The van der Waals surface area contributed by atoms with Crippen molar-refractivity contribution in [1.82, 2.24) is 0 Å². The molecule has 0 fully saturated rings. The normalized spacial score (nSPS) is 8.43. The SMILES string of the molecule is C=[CH][Mg][CH2]C(C)C.